The molecule has 0 amide bonds. The highest BCUT2D eigenvalue weighted by Crippen LogP contribution is 2.62. The second-order valence-corrected chi connectivity index (χ2v) is 9.29. The standard InChI is InChI=1S/C20H24F6O6/c1-7(2)15(27)30-14-10-6-9-11(16(28)31-13(9)14)12(10)17(4,5)32-8(3)18(29,19(21,22)23)20(24,25)26/h8-14,29H,1,6H2,2-5H3. The summed E-state index contributed by atoms with van der Waals surface area (Å²) in [4.78, 5) is 24.5. The average Bonchev–Trinajstić information content (AvgIpc) is 3.21. The van der Waals surface area contributed by atoms with Gasteiger partial charge in [0.05, 0.1) is 11.5 Å². The van der Waals surface area contributed by atoms with Gasteiger partial charge in [-0.2, -0.15) is 26.3 Å². The summed E-state index contributed by atoms with van der Waals surface area (Å²) < 4.78 is 95.5. The molecule has 6 nitrogen and oxygen atoms in total. The van der Waals surface area contributed by atoms with Crippen molar-refractivity contribution in [3.63, 3.8) is 0 Å². The van der Waals surface area contributed by atoms with E-state index >= 15 is 0 Å². The van der Waals surface area contributed by atoms with Gasteiger partial charge in [0.25, 0.3) is 5.60 Å². The summed E-state index contributed by atoms with van der Waals surface area (Å²) in [6.45, 7) is 7.85. The summed E-state index contributed by atoms with van der Waals surface area (Å²) in [5, 5.41) is 9.66. The van der Waals surface area contributed by atoms with Gasteiger partial charge in [-0.25, -0.2) is 4.79 Å². The second-order valence-electron chi connectivity index (χ2n) is 9.29. The lowest BCUT2D eigenvalue weighted by Gasteiger charge is -2.45. The Morgan fingerprint density at radius 1 is 1.16 bits per heavy atom. The van der Waals surface area contributed by atoms with E-state index in [1.807, 2.05) is 0 Å². The number of esters is 2. The molecule has 3 fully saturated rings. The maximum atomic E-state index is 13.3. The zero-order valence-corrected chi connectivity index (χ0v) is 17.7. The van der Waals surface area contributed by atoms with E-state index in [1.54, 1.807) is 0 Å². The predicted molar refractivity (Wildman–Crippen MR) is 94.8 cm³/mol. The second kappa shape index (κ2) is 7.34. The van der Waals surface area contributed by atoms with Crippen molar-refractivity contribution in [3.05, 3.63) is 12.2 Å². The molecule has 0 spiro atoms. The molecule has 0 aromatic carbocycles. The Bertz CT molecular complexity index is 804. The molecular formula is C20H24F6O6. The molecule has 2 aliphatic carbocycles. The fraction of sp³-hybridized carbons (Fsp3) is 0.800. The Hall–Kier alpha value is -1.82. The van der Waals surface area contributed by atoms with E-state index in [-0.39, 0.29) is 5.57 Å². The lowest BCUT2D eigenvalue weighted by Crippen LogP contribution is -2.65. The lowest BCUT2D eigenvalue weighted by atomic mass is 9.70. The molecule has 12 heteroatoms. The Morgan fingerprint density at radius 2 is 1.69 bits per heavy atom. The van der Waals surface area contributed by atoms with Crippen LogP contribution < -0.4 is 0 Å². The number of fused-ring (bicyclic) bond motifs is 1. The first-order chi connectivity index (χ1) is 14.3. The molecule has 7 atom stereocenters. The largest absolute Gasteiger partial charge is 0.458 e. The number of alkyl halides is 6. The molecule has 3 rings (SSSR count). The predicted octanol–water partition coefficient (Wildman–Crippen LogP) is 3.32. The quantitative estimate of drug-likeness (QED) is 0.362. The minimum atomic E-state index is -6.06. The van der Waals surface area contributed by atoms with Gasteiger partial charge in [0.1, 0.15) is 18.3 Å². The van der Waals surface area contributed by atoms with Gasteiger partial charge in [0.2, 0.25) is 0 Å². The van der Waals surface area contributed by atoms with Crippen LogP contribution in [0.3, 0.4) is 0 Å². The number of carbonyl (C=O) groups excluding carboxylic acids is 2. The van der Waals surface area contributed by atoms with Gasteiger partial charge < -0.3 is 19.3 Å². The third-order valence-electron chi connectivity index (χ3n) is 6.87. The van der Waals surface area contributed by atoms with E-state index in [1.165, 1.54) is 20.8 Å². The zero-order chi connectivity index (χ0) is 24.6. The summed E-state index contributed by atoms with van der Waals surface area (Å²) in [5.74, 6) is -4.18. The normalized spacial score (nSPS) is 33.3. The van der Waals surface area contributed by atoms with Gasteiger partial charge in [0, 0.05) is 23.3 Å². The van der Waals surface area contributed by atoms with E-state index in [0.717, 1.165) is 0 Å². The van der Waals surface area contributed by atoms with Gasteiger partial charge in [-0.15, -0.1) is 0 Å². The molecule has 1 heterocycles. The van der Waals surface area contributed by atoms with Crippen molar-refractivity contribution in [2.45, 2.75) is 76.0 Å². The highest BCUT2D eigenvalue weighted by molar-refractivity contribution is 5.87. The molecule has 2 saturated carbocycles. The number of hydrogen-bond acceptors (Lipinski definition) is 6. The highest BCUT2D eigenvalue weighted by atomic mass is 19.4. The fourth-order valence-electron chi connectivity index (χ4n) is 5.56. The Kier molecular flexibility index (Phi) is 5.69. The van der Waals surface area contributed by atoms with Crippen LogP contribution in [0, 0.1) is 23.7 Å². The van der Waals surface area contributed by atoms with Gasteiger partial charge in [-0.05, 0) is 34.1 Å². The third-order valence-corrected chi connectivity index (χ3v) is 6.87. The van der Waals surface area contributed by atoms with Crippen LogP contribution in [0.2, 0.25) is 0 Å². The first-order valence-corrected chi connectivity index (χ1v) is 9.95. The molecule has 0 aromatic rings. The smallest absolute Gasteiger partial charge is 0.428 e. The number of rotatable bonds is 6. The molecule has 0 aromatic heterocycles. The number of halogens is 6. The Labute approximate surface area is 179 Å². The molecule has 3 aliphatic rings. The van der Waals surface area contributed by atoms with E-state index in [2.05, 4.69) is 6.58 Å². The monoisotopic (exact) mass is 474 g/mol. The van der Waals surface area contributed by atoms with E-state index in [4.69, 9.17) is 14.2 Å². The minimum Gasteiger partial charge on any atom is -0.458 e. The summed E-state index contributed by atoms with van der Waals surface area (Å²) >= 11 is 0. The Morgan fingerprint density at radius 3 is 2.16 bits per heavy atom. The molecule has 1 aliphatic heterocycles. The Balaban J connectivity index is 1.91. The average molecular weight is 474 g/mol. The summed E-state index contributed by atoms with van der Waals surface area (Å²) in [5.41, 5.74) is -6.79. The zero-order valence-electron chi connectivity index (χ0n) is 17.7. The fourth-order valence-corrected chi connectivity index (χ4v) is 5.56. The van der Waals surface area contributed by atoms with Crippen LogP contribution in [0.25, 0.3) is 0 Å². The van der Waals surface area contributed by atoms with Crippen LogP contribution in [0.1, 0.15) is 34.1 Å². The minimum absolute atomic E-state index is 0.0785. The highest BCUT2D eigenvalue weighted by Gasteiger charge is 2.75. The number of aliphatic hydroxyl groups is 1. The molecular weight excluding hydrogens is 450 g/mol. The van der Waals surface area contributed by atoms with Crippen LogP contribution in [0.4, 0.5) is 26.3 Å². The molecule has 0 radical (unpaired) electrons. The molecule has 1 saturated heterocycles. The topological polar surface area (TPSA) is 82.1 Å². The number of carbonyl (C=O) groups is 2. The molecule has 7 unspecified atom stereocenters. The van der Waals surface area contributed by atoms with Crippen molar-refractivity contribution in [3.8, 4) is 0 Å². The molecule has 182 valence electrons. The summed E-state index contributed by atoms with van der Waals surface area (Å²) in [6.07, 6.45) is -16.2. The maximum absolute atomic E-state index is 13.3. The van der Waals surface area contributed by atoms with Gasteiger partial charge >= 0.3 is 24.3 Å². The van der Waals surface area contributed by atoms with Crippen LogP contribution in [-0.4, -0.2) is 58.9 Å². The van der Waals surface area contributed by atoms with Gasteiger partial charge in [-0.3, -0.25) is 4.79 Å². The van der Waals surface area contributed by atoms with Crippen molar-refractivity contribution >= 4 is 11.9 Å². The first-order valence-electron chi connectivity index (χ1n) is 9.95. The van der Waals surface area contributed by atoms with Crippen molar-refractivity contribution < 1.29 is 55.2 Å². The summed E-state index contributed by atoms with van der Waals surface area (Å²) in [7, 11) is 0. The van der Waals surface area contributed by atoms with Crippen LogP contribution in [0.5, 0.6) is 0 Å². The SMILES string of the molecule is C=C(C)C(=O)OC1C2CC3C1OC(=O)C3C2C(C)(C)OC(C)C(O)(C(F)(F)F)C(F)(F)F. The maximum Gasteiger partial charge on any atom is 0.428 e. The van der Waals surface area contributed by atoms with Crippen molar-refractivity contribution in [1.29, 1.82) is 0 Å². The lowest BCUT2D eigenvalue weighted by molar-refractivity contribution is -0.400. The molecule has 1 N–H and O–H groups in total. The van der Waals surface area contributed by atoms with Crippen LogP contribution in [0.15, 0.2) is 12.2 Å². The van der Waals surface area contributed by atoms with Crippen molar-refractivity contribution in [2.75, 3.05) is 0 Å². The first kappa shape index (κ1) is 24.8. The molecule has 2 bridgehead atoms. The molecule has 32 heavy (non-hydrogen) atoms. The van der Waals surface area contributed by atoms with E-state index < -0.39 is 77.5 Å². The third kappa shape index (κ3) is 3.49. The van der Waals surface area contributed by atoms with Crippen molar-refractivity contribution in [2.24, 2.45) is 23.7 Å². The summed E-state index contributed by atoms with van der Waals surface area (Å²) in [6, 6.07) is 0. The van der Waals surface area contributed by atoms with Crippen molar-refractivity contribution in [1.82, 2.24) is 0 Å². The van der Waals surface area contributed by atoms with Gasteiger partial charge in [-0.1, -0.05) is 6.58 Å². The van der Waals surface area contributed by atoms with E-state index in [0.29, 0.717) is 13.3 Å². The van der Waals surface area contributed by atoms with Crippen LogP contribution >= 0.6 is 0 Å². The van der Waals surface area contributed by atoms with E-state index in [9.17, 15) is 41.0 Å². The van der Waals surface area contributed by atoms with Crippen LogP contribution in [-0.2, 0) is 23.8 Å². The number of ether oxygens (including phenoxy) is 3. The van der Waals surface area contributed by atoms with Gasteiger partial charge in [0.15, 0.2) is 0 Å². The number of hydrogen-bond donors (Lipinski definition) is 1.